The van der Waals surface area contributed by atoms with Gasteiger partial charge < -0.3 is 20.3 Å². The highest BCUT2D eigenvalue weighted by Gasteiger charge is 2.27. The molecule has 1 aliphatic rings. The van der Waals surface area contributed by atoms with Crippen molar-refractivity contribution in [3.05, 3.63) is 139 Å². The highest BCUT2D eigenvalue weighted by atomic mass is 32.2. The minimum atomic E-state index is -3.81. The number of benzene rings is 3. The predicted molar refractivity (Wildman–Crippen MR) is 230 cm³/mol. The van der Waals surface area contributed by atoms with Crippen LogP contribution in [0.2, 0.25) is 0 Å². The number of thioether (sulfide) groups is 1. The van der Waals surface area contributed by atoms with E-state index in [0.29, 0.717) is 28.5 Å². The van der Waals surface area contributed by atoms with Crippen LogP contribution in [0.1, 0.15) is 28.8 Å². The summed E-state index contributed by atoms with van der Waals surface area (Å²) in [5.74, 6) is 2.31. The first-order chi connectivity index (χ1) is 28.6. The Morgan fingerprint density at radius 1 is 0.881 bits per heavy atom. The van der Waals surface area contributed by atoms with Crippen LogP contribution in [0.4, 0.5) is 37.6 Å². The molecule has 1 aliphatic heterocycles. The molecular formula is C45H39F2N9O2S. The van der Waals surface area contributed by atoms with Gasteiger partial charge in [0.25, 0.3) is 0 Å². The molecule has 5 heterocycles. The highest BCUT2D eigenvalue weighted by Crippen LogP contribution is 2.37. The number of rotatable bonds is 11. The molecular weight excluding hydrogens is 769 g/mol. The number of pyridine rings is 4. The fourth-order valence-corrected chi connectivity index (χ4v) is 7.19. The van der Waals surface area contributed by atoms with Gasteiger partial charge in [-0.1, -0.05) is 42.1 Å². The van der Waals surface area contributed by atoms with Gasteiger partial charge >= 0.3 is 6.23 Å². The van der Waals surface area contributed by atoms with Crippen molar-refractivity contribution >= 4 is 68.4 Å². The number of aromatic nitrogens is 4. The molecule has 1 saturated heterocycles. The van der Waals surface area contributed by atoms with E-state index in [1.54, 1.807) is 48.3 Å². The zero-order chi connectivity index (χ0) is 41.4. The van der Waals surface area contributed by atoms with Crippen molar-refractivity contribution in [2.24, 2.45) is 11.7 Å². The Balaban J connectivity index is 0.000000181. The Labute approximate surface area is 344 Å². The van der Waals surface area contributed by atoms with Gasteiger partial charge in [0.05, 0.1) is 11.8 Å². The molecule has 0 unspecified atom stereocenters. The maximum absolute atomic E-state index is 13.4. The molecule has 14 heteroatoms. The third-order valence-corrected chi connectivity index (χ3v) is 10.2. The van der Waals surface area contributed by atoms with Gasteiger partial charge in [-0.2, -0.15) is 5.26 Å². The Bertz CT molecular complexity index is 2660. The second-order valence-electron chi connectivity index (χ2n) is 13.7. The fourth-order valence-electron chi connectivity index (χ4n) is 6.70. The van der Waals surface area contributed by atoms with Crippen LogP contribution in [0.25, 0.3) is 32.8 Å². The van der Waals surface area contributed by atoms with Crippen molar-refractivity contribution in [2.75, 3.05) is 28.6 Å². The van der Waals surface area contributed by atoms with Gasteiger partial charge in [-0.3, -0.25) is 9.78 Å². The molecule has 7 aromatic rings. The van der Waals surface area contributed by atoms with E-state index in [4.69, 9.17) is 15.7 Å². The first-order valence-electron chi connectivity index (χ1n) is 18.7. The lowest BCUT2D eigenvalue weighted by Gasteiger charge is -2.30. The van der Waals surface area contributed by atoms with Crippen molar-refractivity contribution in [3.8, 4) is 23.1 Å². The van der Waals surface area contributed by atoms with E-state index >= 15 is 0 Å². The van der Waals surface area contributed by atoms with Crippen molar-refractivity contribution in [2.45, 2.75) is 30.9 Å². The van der Waals surface area contributed by atoms with Crippen LogP contribution in [0.3, 0.4) is 0 Å². The predicted octanol–water partition coefficient (Wildman–Crippen LogP) is 10.4. The summed E-state index contributed by atoms with van der Waals surface area (Å²) < 4.78 is 31.5. The van der Waals surface area contributed by atoms with E-state index in [9.17, 15) is 13.6 Å². The van der Waals surface area contributed by atoms with Crippen LogP contribution in [-0.4, -0.2) is 45.5 Å². The average molecular weight is 808 g/mol. The van der Waals surface area contributed by atoms with Crippen molar-refractivity contribution in [1.29, 1.82) is 5.26 Å². The smallest absolute Gasteiger partial charge is 0.419 e. The number of aldehydes is 1. The van der Waals surface area contributed by atoms with Crippen LogP contribution in [0.15, 0.2) is 133 Å². The molecule has 1 fully saturated rings. The maximum atomic E-state index is 13.4. The van der Waals surface area contributed by atoms with E-state index in [2.05, 4.69) is 48.1 Å². The topological polar surface area (TPSA) is 155 Å². The SMILES string of the molecule is C=CSc1ccc(Nc2cc3c(-c4cc(C)ccc4OC(N)(F)F)nccc3cn2)cc1.N#CC1CCN(c2nccc3cnc(Nc4cccc(C=O)c4)cc23)CC1. The maximum Gasteiger partial charge on any atom is 0.466 e. The van der Waals surface area contributed by atoms with Crippen LogP contribution >= 0.6 is 11.8 Å². The molecule has 0 aliphatic carbocycles. The van der Waals surface area contributed by atoms with Crippen LogP contribution in [-0.2, 0) is 0 Å². The van der Waals surface area contributed by atoms with Gasteiger partial charge in [-0.25, -0.2) is 20.7 Å². The average Bonchev–Trinajstić information content (AvgIpc) is 3.24. The normalized spacial score (nSPS) is 12.9. The number of carbonyl (C=O) groups excluding carboxylic acids is 1. The van der Waals surface area contributed by atoms with Gasteiger partial charge in [-0.15, -0.1) is 8.78 Å². The molecule has 8 rings (SSSR count). The summed E-state index contributed by atoms with van der Waals surface area (Å²) in [7, 11) is 0. The Morgan fingerprint density at radius 3 is 2.24 bits per heavy atom. The lowest BCUT2D eigenvalue weighted by atomic mass is 9.98. The van der Waals surface area contributed by atoms with Crippen LogP contribution in [0, 0.1) is 24.2 Å². The Kier molecular flexibility index (Phi) is 12.4. The minimum Gasteiger partial charge on any atom is -0.419 e. The molecule has 3 aromatic carbocycles. The monoisotopic (exact) mass is 807 g/mol. The van der Waals surface area contributed by atoms with Crippen molar-refractivity contribution in [3.63, 3.8) is 0 Å². The number of halogens is 2. The first kappa shape index (κ1) is 40.3. The molecule has 4 aromatic heterocycles. The van der Waals surface area contributed by atoms with E-state index in [1.807, 2.05) is 73.8 Å². The number of hydrogen-bond donors (Lipinski definition) is 3. The second-order valence-corrected chi connectivity index (χ2v) is 14.8. The zero-order valence-corrected chi connectivity index (χ0v) is 32.8. The summed E-state index contributed by atoms with van der Waals surface area (Å²) >= 11 is 1.54. The van der Waals surface area contributed by atoms with Gasteiger partial charge in [0, 0.05) is 92.7 Å². The molecule has 296 valence electrons. The van der Waals surface area contributed by atoms with Gasteiger partial charge in [-0.05, 0) is 98.0 Å². The van der Waals surface area contributed by atoms with Crippen LogP contribution < -0.4 is 26.0 Å². The van der Waals surface area contributed by atoms with Crippen LogP contribution in [0.5, 0.6) is 5.75 Å². The summed E-state index contributed by atoms with van der Waals surface area (Å²) in [4.78, 5) is 32.3. The number of anilines is 5. The lowest BCUT2D eigenvalue weighted by Crippen LogP contribution is -2.35. The summed E-state index contributed by atoms with van der Waals surface area (Å²) in [6, 6.07) is 30.0. The number of fused-ring (bicyclic) bond motifs is 2. The number of ether oxygens (including phenoxy) is 1. The number of nitriles is 1. The third kappa shape index (κ3) is 10.1. The quantitative estimate of drug-likeness (QED) is 0.0493. The Hall–Kier alpha value is -6.95. The number of nitrogens with zero attached hydrogens (tertiary/aromatic N) is 6. The molecule has 0 amide bonds. The second kappa shape index (κ2) is 18.1. The largest absolute Gasteiger partial charge is 0.466 e. The molecule has 0 bridgehead atoms. The number of nitrogens with one attached hydrogen (secondary N) is 2. The van der Waals surface area contributed by atoms with E-state index in [-0.39, 0.29) is 11.7 Å². The number of hydrogen-bond acceptors (Lipinski definition) is 12. The number of nitrogens with two attached hydrogens (primary N) is 1. The molecule has 0 spiro atoms. The first-order valence-corrected chi connectivity index (χ1v) is 19.5. The van der Waals surface area contributed by atoms with Crippen molar-refractivity contribution < 1.29 is 18.3 Å². The third-order valence-electron chi connectivity index (χ3n) is 9.53. The fraction of sp³-hybridized carbons (Fsp3) is 0.156. The molecule has 0 saturated carbocycles. The highest BCUT2D eigenvalue weighted by molar-refractivity contribution is 8.02. The van der Waals surface area contributed by atoms with Gasteiger partial charge in [0.15, 0.2) is 0 Å². The standard InChI is InChI=1S/C24H20F2N4OS.C21H19N5O/c1-3-32-18-7-5-17(6-8-18)30-22-13-19-16(14-29-22)10-11-28-23(19)20-12-15(2)4-9-21(20)31-24(25,26)27;22-12-15-5-8-26(9-6-15)21-19-11-20(24-13-17(19)4-7-23-21)25-18-3-1-2-16(10-18)14-27/h3-14H,1,27H2,2H3,(H,29,30);1-4,7,10-11,13-15H,5-6,8-9H2,(H,24,25). The summed E-state index contributed by atoms with van der Waals surface area (Å²) in [6.45, 7) is 7.24. The molecule has 4 N–H and O–H groups in total. The number of aryl methyl sites for hydroxylation is 1. The summed E-state index contributed by atoms with van der Waals surface area (Å²) in [5, 5.41) is 21.0. The number of piperidine rings is 1. The number of carbonyl (C=O) groups is 1. The number of alkyl halides is 2. The molecule has 0 radical (unpaired) electrons. The molecule has 0 atom stereocenters. The van der Waals surface area contributed by atoms with Gasteiger partial charge in [0.1, 0.15) is 29.5 Å². The van der Waals surface area contributed by atoms with E-state index in [0.717, 1.165) is 81.4 Å². The molecule has 11 nitrogen and oxygen atoms in total. The van der Waals surface area contributed by atoms with E-state index in [1.165, 1.54) is 17.8 Å². The minimum absolute atomic E-state index is 0.0512. The zero-order valence-electron chi connectivity index (χ0n) is 32.0. The molecule has 59 heavy (non-hydrogen) atoms. The van der Waals surface area contributed by atoms with Crippen molar-refractivity contribution in [1.82, 2.24) is 19.9 Å². The summed E-state index contributed by atoms with van der Waals surface area (Å²) in [5.41, 5.74) is 8.87. The van der Waals surface area contributed by atoms with Gasteiger partial charge in [0.2, 0.25) is 0 Å². The lowest BCUT2D eigenvalue weighted by molar-refractivity contribution is -0.169. The summed E-state index contributed by atoms with van der Waals surface area (Å²) in [6.07, 6.45) is 5.69. The Morgan fingerprint density at radius 2 is 1.56 bits per heavy atom. The van der Waals surface area contributed by atoms with E-state index < -0.39 is 6.23 Å².